The molecule has 3 rings (SSSR count). The minimum atomic E-state index is -0.622. The Balaban J connectivity index is 1.82. The van der Waals surface area contributed by atoms with Gasteiger partial charge in [0.15, 0.2) is 5.78 Å². The molecule has 25 heavy (non-hydrogen) atoms. The Morgan fingerprint density at radius 1 is 0.840 bits per heavy atom. The second-order valence-electron chi connectivity index (χ2n) is 5.35. The van der Waals surface area contributed by atoms with Crippen molar-refractivity contribution in [2.75, 3.05) is 5.32 Å². The van der Waals surface area contributed by atoms with Gasteiger partial charge in [-0.25, -0.2) is 4.39 Å². The van der Waals surface area contributed by atoms with Crippen LogP contribution in [0.5, 0.6) is 0 Å². The van der Waals surface area contributed by atoms with Gasteiger partial charge in [-0.05, 0) is 30.3 Å². The number of ketones is 1. The first-order valence-electron chi connectivity index (χ1n) is 7.51. The van der Waals surface area contributed by atoms with E-state index in [2.05, 4.69) is 21.2 Å². The van der Waals surface area contributed by atoms with Crippen molar-refractivity contribution in [2.24, 2.45) is 0 Å². The largest absolute Gasteiger partial charge is 0.322 e. The molecule has 1 N–H and O–H groups in total. The van der Waals surface area contributed by atoms with Crippen molar-refractivity contribution in [2.45, 2.75) is 0 Å². The molecule has 124 valence electrons. The van der Waals surface area contributed by atoms with Crippen LogP contribution in [-0.4, -0.2) is 11.7 Å². The van der Waals surface area contributed by atoms with E-state index in [9.17, 15) is 14.0 Å². The van der Waals surface area contributed by atoms with E-state index in [4.69, 9.17) is 0 Å². The zero-order chi connectivity index (χ0) is 17.8. The molecular weight excluding hydrogens is 385 g/mol. The summed E-state index contributed by atoms with van der Waals surface area (Å²) in [6, 6.07) is 19.6. The first-order valence-corrected chi connectivity index (χ1v) is 8.30. The third-order valence-corrected chi connectivity index (χ3v) is 4.09. The summed E-state index contributed by atoms with van der Waals surface area (Å²) in [5.74, 6) is -1.34. The number of amides is 1. The van der Waals surface area contributed by atoms with E-state index in [-0.39, 0.29) is 11.3 Å². The van der Waals surface area contributed by atoms with Crippen molar-refractivity contribution in [3.05, 3.63) is 99.8 Å². The van der Waals surface area contributed by atoms with E-state index in [0.29, 0.717) is 21.3 Å². The lowest BCUT2D eigenvalue weighted by atomic mass is 10.0. The fourth-order valence-electron chi connectivity index (χ4n) is 2.37. The van der Waals surface area contributed by atoms with Crippen molar-refractivity contribution >= 4 is 33.3 Å². The molecule has 0 saturated heterocycles. The highest BCUT2D eigenvalue weighted by molar-refractivity contribution is 9.10. The predicted molar refractivity (Wildman–Crippen MR) is 98.4 cm³/mol. The monoisotopic (exact) mass is 397 g/mol. The van der Waals surface area contributed by atoms with E-state index in [0.717, 1.165) is 0 Å². The van der Waals surface area contributed by atoms with Crippen LogP contribution in [0.25, 0.3) is 0 Å². The number of nitrogens with one attached hydrogen (secondary N) is 1. The lowest BCUT2D eigenvalue weighted by Gasteiger charge is -2.08. The van der Waals surface area contributed by atoms with E-state index < -0.39 is 11.7 Å². The Morgan fingerprint density at radius 3 is 2.28 bits per heavy atom. The van der Waals surface area contributed by atoms with Gasteiger partial charge in [-0.3, -0.25) is 9.59 Å². The summed E-state index contributed by atoms with van der Waals surface area (Å²) in [7, 11) is 0. The quantitative estimate of drug-likeness (QED) is 0.624. The van der Waals surface area contributed by atoms with Crippen LogP contribution < -0.4 is 5.32 Å². The summed E-state index contributed by atoms with van der Waals surface area (Å²) in [6.07, 6.45) is 0. The maximum absolute atomic E-state index is 13.9. The number of benzene rings is 3. The lowest BCUT2D eigenvalue weighted by molar-refractivity contribution is 0.101. The van der Waals surface area contributed by atoms with Gasteiger partial charge in [0.05, 0.1) is 5.56 Å². The molecule has 0 saturated carbocycles. The fraction of sp³-hybridized carbons (Fsp3) is 0. The maximum atomic E-state index is 13.9. The van der Waals surface area contributed by atoms with E-state index >= 15 is 0 Å². The molecular formula is C20H13BrFNO2. The topological polar surface area (TPSA) is 46.2 Å². The number of rotatable bonds is 4. The van der Waals surface area contributed by atoms with Crippen molar-refractivity contribution in [1.82, 2.24) is 0 Å². The molecule has 0 fully saturated rings. The van der Waals surface area contributed by atoms with Gasteiger partial charge in [0.1, 0.15) is 5.82 Å². The van der Waals surface area contributed by atoms with Gasteiger partial charge in [0.2, 0.25) is 0 Å². The summed E-state index contributed by atoms with van der Waals surface area (Å²) in [5.41, 5.74) is 1.36. The summed E-state index contributed by atoms with van der Waals surface area (Å²) in [6.45, 7) is 0. The summed E-state index contributed by atoms with van der Waals surface area (Å²) < 4.78 is 14.4. The van der Waals surface area contributed by atoms with Crippen LogP contribution in [0.2, 0.25) is 0 Å². The molecule has 0 aliphatic carbocycles. The molecule has 0 radical (unpaired) electrons. The number of hydrogen-bond donors (Lipinski definition) is 1. The number of hydrogen-bond acceptors (Lipinski definition) is 2. The summed E-state index contributed by atoms with van der Waals surface area (Å²) in [4.78, 5) is 24.7. The van der Waals surface area contributed by atoms with E-state index in [1.807, 2.05) is 6.07 Å². The van der Waals surface area contributed by atoms with Crippen molar-refractivity contribution in [1.29, 1.82) is 0 Å². The van der Waals surface area contributed by atoms with Gasteiger partial charge in [-0.2, -0.15) is 0 Å². The van der Waals surface area contributed by atoms with E-state index in [1.54, 1.807) is 54.6 Å². The minimum Gasteiger partial charge on any atom is -0.322 e. The first-order chi connectivity index (χ1) is 12.0. The van der Waals surface area contributed by atoms with E-state index in [1.165, 1.54) is 12.1 Å². The zero-order valence-corrected chi connectivity index (χ0v) is 14.6. The molecule has 0 aliphatic rings. The highest BCUT2D eigenvalue weighted by Gasteiger charge is 2.14. The van der Waals surface area contributed by atoms with Crippen LogP contribution in [0, 0.1) is 5.82 Å². The second kappa shape index (κ2) is 7.40. The predicted octanol–water partition coefficient (Wildman–Crippen LogP) is 5.07. The van der Waals surface area contributed by atoms with Gasteiger partial charge in [0, 0.05) is 21.3 Å². The Hall–Kier alpha value is -2.79. The van der Waals surface area contributed by atoms with Gasteiger partial charge in [-0.15, -0.1) is 0 Å². The Bertz CT molecular complexity index is 941. The smallest absolute Gasteiger partial charge is 0.258 e. The van der Waals surface area contributed by atoms with Gasteiger partial charge in [0.25, 0.3) is 5.91 Å². The molecule has 0 heterocycles. The highest BCUT2D eigenvalue weighted by atomic mass is 79.9. The van der Waals surface area contributed by atoms with Crippen LogP contribution in [0.15, 0.2) is 77.3 Å². The molecule has 0 unspecified atom stereocenters. The molecule has 3 aromatic rings. The first kappa shape index (κ1) is 17.0. The van der Waals surface area contributed by atoms with Crippen LogP contribution in [0.4, 0.5) is 10.1 Å². The number of carbonyl (C=O) groups is 2. The lowest BCUT2D eigenvalue weighted by Crippen LogP contribution is -2.14. The molecule has 3 nitrogen and oxygen atoms in total. The number of anilines is 1. The van der Waals surface area contributed by atoms with Gasteiger partial charge >= 0.3 is 0 Å². The van der Waals surface area contributed by atoms with Crippen molar-refractivity contribution < 1.29 is 14.0 Å². The average molecular weight is 398 g/mol. The second-order valence-corrected chi connectivity index (χ2v) is 6.27. The molecule has 0 atom stereocenters. The fourth-order valence-corrected chi connectivity index (χ4v) is 2.70. The van der Waals surface area contributed by atoms with Gasteiger partial charge < -0.3 is 5.32 Å². The Morgan fingerprint density at radius 2 is 1.56 bits per heavy atom. The normalized spacial score (nSPS) is 10.3. The van der Waals surface area contributed by atoms with Crippen LogP contribution in [0.1, 0.15) is 26.3 Å². The maximum Gasteiger partial charge on any atom is 0.258 e. The third kappa shape index (κ3) is 4.00. The van der Waals surface area contributed by atoms with Crippen LogP contribution in [-0.2, 0) is 0 Å². The number of halogens is 2. The van der Waals surface area contributed by atoms with Gasteiger partial charge in [-0.1, -0.05) is 58.4 Å². The Kier molecular flexibility index (Phi) is 5.05. The highest BCUT2D eigenvalue weighted by Crippen LogP contribution is 2.19. The summed E-state index contributed by atoms with van der Waals surface area (Å²) >= 11 is 3.15. The Labute approximate surface area is 152 Å². The average Bonchev–Trinajstić information content (AvgIpc) is 2.62. The van der Waals surface area contributed by atoms with Crippen molar-refractivity contribution in [3.8, 4) is 0 Å². The van der Waals surface area contributed by atoms with Crippen LogP contribution in [0.3, 0.4) is 0 Å². The standard InChI is InChI=1S/C20H13BrFNO2/c21-15-9-10-17(18(22)12-15)20(25)23-16-8-4-7-14(11-16)19(24)13-5-2-1-3-6-13/h1-12H,(H,23,25). The summed E-state index contributed by atoms with van der Waals surface area (Å²) in [5, 5.41) is 2.62. The molecule has 0 spiro atoms. The molecule has 1 amide bonds. The third-order valence-electron chi connectivity index (χ3n) is 3.59. The van der Waals surface area contributed by atoms with Crippen molar-refractivity contribution in [3.63, 3.8) is 0 Å². The molecule has 5 heteroatoms. The number of carbonyl (C=O) groups excluding carboxylic acids is 2. The molecule has 0 aliphatic heterocycles. The molecule has 3 aromatic carbocycles. The molecule has 0 aromatic heterocycles. The van der Waals surface area contributed by atoms with Crippen LogP contribution >= 0.6 is 15.9 Å². The zero-order valence-electron chi connectivity index (χ0n) is 13.0. The molecule has 0 bridgehead atoms. The minimum absolute atomic E-state index is 0.0667. The SMILES string of the molecule is O=C(c1ccccc1)c1cccc(NC(=O)c2ccc(Br)cc2F)c1.